The molecule has 0 aliphatic rings. The Morgan fingerprint density at radius 1 is 1.00 bits per heavy atom. The van der Waals surface area contributed by atoms with Crippen molar-refractivity contribution in [1.82, 2.24) is 0 Å². The van der Waals surface area contributed by atoms with Crippen LogP contribution in [0.3, 0.4) is 0 Å². The van der Waals surface area contributed by atoms with Crippen LogP contribution in [0.2, 0.25) is 0 Å². The number of carbonyl (C=O) groups excluding carboxylic acids is 2. The normalized spacial score (nSPS) is 5.50. The van der Waals surface area contributed by atoms with Gasteiger partial charge in [0.25, 0.3) is 0 Å². The first-order valence-electron chi connectivity index (χ1n) is 1.07. The van der Waals surface area contributed by atoms with Crippen LogP contribution < -0.4 is 10.2 Å². The van der Waals surface area contributed by atoms with E-state index in [0.717, 1.165) is 0 Å². The summed E-state index contributed by atoms with van der Waals surface area (Å²) in [5.74, 6) is -4.37. The van der Waals surface area contributed by atoms with E-state index in [0.29, 0.717) is 0 Å². The molecule has 2 N–H and O–H groups in total. The second-order valence-electron chi connectivity index (χ2n) is 0.575. The summed E-state index contributed by atoms with van der Waals surface area (Å²) >= 11 is 0. The fourth-order valence-corrected chi connectivity index (χ4v) is 0. The van der Waals surface area contributed by atoms with E-state index < -0.39 is 11.9 Å². The minimum Gasteiger partial charge on any atom is -0.543 e. The van der Waals surface area contributed by atoms with Gasteiger partial charge >= 0.3 is 0 Å². The van der Waals surface area contributed by atoms with Gasteiger partial charge in [-0.2, -0.15) is 0 Å². The van der Waals surface area contributed by atoms with Crippen molar-refractivity contribution in [2.75, 3.05) is 0 Å². The molecule has 6 heteroatoms. The fraction of sp³-hybridized carbons (Fsp3) is 0. The van der Waals surface area contributed by atoms with Crippen molar-refractivity contribution < 1.29 is 54.5 Å². The number of rotatable bonds is 0. The molecular formula is C2H2O5Pu-2. The summed E-state index contributed by atoms with van der Waals surface area (Å²) in [6.45, 7) is 0. The largest absolute Gasteiger partial charge is 0.543 e. The van der Waals surface area contributed by atoms with Gasteiger partial charge in [0.15, 0.2) is 0 Å². The summed E-state index contributed by atoms with van der Waals surface area (Å²) in [7, 11) is 0. The maximum atomic E-state index is 8.93. The van der Waals surface area contributed by atoms with Gasteiger partial charge in [-0.3, -0.25) is 0 Å². The molecule has 0 rings (SSSR count). The molecule has 0 aliphatic carbocycles. The van der Waals surface area contributed by atoms with Crippen LogP contribution in [0.1, 0.15) is 0 Å². The van der Waals surface area contributed by atoms with Crippen molar-refractivity contribution >= 4 is 11.9 Å². The van der Waals surface area contributed by atoms with E-state index in [1.54, 1.807) is 0 Å². The molecule has 0 spiro atoms. The number of carboxylic acids is 2. The average molecular weight is 350 g/mol. The summed E-state index contributed by atoms with van der Waals surface area (Å²) in [6, 6.07) is 0. The average Bonchev–Trinajstić information content (AvgIpc) is 1.36. The molecule has 0 bridgehead atoms. The Hall–Kier alpha value is -0.113. The van der Waals surface area contributed by atoms with Gasteiger partial charge < -0.3 is 25.3 Å². The third-order valence-corrected chi connectivity index (χ3v) is 0.167. The zero-order valence-corrected chi connectivity index (χ0v) is 6.94. The van der Waals surface area contributed by atoms with Gasteiger partial charge in [0, 0.05) is 29.2 Å². The molecule has 0 fully saturated rings. The summed E-state index contributed by atoms with van der Waals surface area (Å²) in [5, 5.41) is 17.9. The molecular weight excluding hydrogens is 348 g/mol. The molecule has 0 radical (unpaired) electrons. The molecule has 0 unspecified atom stereocenters. The standard InChI is InChI=1S/C2H2O4.H2O.Pu/c3-1(4)2(5)6;;/h(H,3,4)(H,5,6);1H2;/p-2. The molecule has 0 heterocycles. The Kier molecular flexibility index (Phi) is 13.5. The zero-order chi connectivity index (χ0) is 5.15. The molecule has 8 heavy (non-hydrogen) atoms. The Balaban J connectivity index is -0.000000125. The van der Waals surface area contributed by atoms with E-state index in [4.69, 9.17) is 19.8 Å². The Labute approximate surface area is 66.5 Å². The molecule has 0 aromatic carbocycles. The van der Waals surface area contributed by atoms with Gasteiger partial charge in [-0.05, 0) is 0 Å². The van der Waals surface area contributed by atoms with E-state index >= 15 is 0 Å². The smallest absolute Gasteiger partial charge is 0.0870 e. The van der Waals surface area contributed by atoms with Crippen molar-refractivity contribution in [3.8, 4) is 0 Å². The van der Waals surface area contributed by atoms with Gasteiger partial charge in [0.05, 0.1) is 11.9 Å². The van der Waals surface area contributed by atoms with Crippen molar-refractivity contribution in [2.45, 2.75) is 0 Å². The zero-order valence-electron chi connectivity index (χ0n) is 3.54. The summed E-state index contributed by atoms with van der Waals surface area (Å²) in [4.78, 5) is 17.9. The summed E-state index contributed by atoms with van der Waals surface area (Å²) < 4.78 is 0. The van der Waals surface area contributed by atoms with E-state index in [-0.39, 0.29) is 34.7 Å². The van der Waals surface area contributed by atoms with Crippen LogP contribution in [0.15, 0.2) is 0 Å². The first-order chi connectivity index (χ1) is 2.64. The van der Waals surface area contributed by atoms with Gasteiger partial charge in [0.2, 0.25) is 0 Å². The minimum absolute atomic E-state index is 0. The quantitative estimate of drug-likeness (QED) is 0.411. The van der Waals surface area contributed by atoms with E-state index in [2.05, 4.69) is 0 Å². The summed E-state index contributed by atoms with van der Waals surface area (Å²) in [5.41, 5.74) is 0. The van der Waals surface area contributed by atoms with Gasteiger partial charge in [-0.1, -0.05) is 0 Å². The molecule has 0 aromatic rings. The monoisotopic (exact) mass is 344 g/mol. The second-order valence-corrected chi connectivity index (χ2v) is 0.575. The number of hydrogen-bond acceptors (Lipinski definition) is 4. The molecule has 0 amide bonds. The Morgan fingerprint density at radius 2 is 1.12 bits per heavy atom. The molecule has 0 aromatic heterocycles. The van der Waals surface area contributed by atoms with Crippen LogP contribution in [0.4, 0.5) is 0 Å². The van der Waals surface area contributed by atoms with Crippen LogP contribution in [-0.2, 0) is 9.59 Å². The molecule has 0 aliphatic heterocycles. The molecule has 5 nitrogen and oxygen atoms in total. The SMILES string of the molecule is O.O=C([O-])C(=O)[O-].[Pu]. The van der Waals surface area contributed by atoms with Gasteiger partial charge in [-0.25, -0.2) is 0 Å². The van der Waals surface area contributed by atoms with Crippen molar-refractivity contribution in [3.05, 3.63) is 0 Å². The Morgan fingerprint density at radius 3 is 1.12 bits per heavy atom. The Bertz CT molecular complexity index is 76.4. The maximum absolute atomic E-state index is 8.93. The predicted octanol–water partition coefficient (Wildman–Crippen LogP) is -4.34. The summed E-state index contributed by atoms with van der Waals surface area (Å²) in [6.07, 6.45) is 0. The number of aliphatic carboxylic acids is 2. The van der Waals surface area contributed by atoms with Crippen LogP contribution in [0.25, 0.3) is 0 Å². The molecule has 48 valence electrons. The molecule has 0 atom stereocenters. The van der Waals surface area contributed by atoms with Crippen molar-refractivity contribution in [3.63, 3.8) is 0 Å². The number of carboxylic acid groups (broad SMARTS) is 2. The third kappa shape index (κ3) is 9.31. The maximum Gasteiger partial charge on any atom is 0.0870 e. The van der Waals surface area contributed by atoms with E-state index in [9.17, 15) is 0 Å². The van der Waals surface area contributed by atoms with Crippen molar-refractivity contribution in [1.29, 1.82) is 0 Å². The number of carbonyl (C=O) groups is 2. The second kappa shape index (κ2) is 6.89. The number of hydrogen-bond donors (Lipinski definition) is 0. The van der Waals surface area contributed by atoms with Crippen LogP contribution in [0, 0.1) is 29.2 Å². The first kappa shape index (κ1) is 15.7. The van der Waals surface area contributed by atoms with Crippen molar-refractivity contribution in [2.24, 2.45) is 0 Å². The van der Waals surface area contributed by atoms with Gasteiger partial charge in [-0.15, -0.1) is 0 Å². The third-order valence-electron chi connectivity index (χ3n) is 0.167. The fourth-order valence-electron chi connectivity index (χ4n) is 0. The minimum atomic E-state index is -2.19. The predicted molar refractivity (Wildman–Crippen MR) is 13.6 cm³/mol. The first-order valence-corrected chi connectivity index (χ1v) is 1.07. The topological polar surface area (TPSA) is 112 Å². The molecule has 0 saturated heterocycles. The van der Waals surface area contributed by atoms with Crippen LogP contribution in [-0.4, -0.2) is 17.4 Å². The van der Waals surface area contributed by atoms with Gasteiger partial charge in [0.1, 0.15) is 0 Å². The van der Waals surface area contributed by atoms with E-state index in [1.165, 1.54) is 0 Å². The van der Waals surface area contributed by atoms with Crippen LogP contribution >= 0.6 is 0 Å². The van der Waals surface area contributed by atoms with E-state index in [1.807, 2.05) is 0 Å². The molecule has 0 saturated carbocycles. The van der Waals surface area contributed by atoms with Crippen LogP contribution in [0.5, 0.6) is 0 Å².